The van der Waals surface area contributed by atoms with Crippen LogP contribution in [0, 0.1) is 0 Å². The van der Waals surface area contributed by atoms with E-state index >= 15 is 0 Å². The van der Waals surface area contributed by atoms with Crippen molar-refractivity contribution in [1.82, 2.24) is 14.5 Å². The molecule has 1 atom stereocenters. The SMILES string of the molecule is CCOC1CN(C(=O)c2ccc3ccccc3n2)Cc2cccn2C1.O=C(O)C(F)(F)F. The first kappa shape index (κ1) is 23.3. The van der Waals surface area contributed by atoms with E-state index in [4.69, 9.17) is 14.6 Å². The van der Waals surface area contributed by atoms with E-state index in [9.17, 15) is 18.0 Å². The van der Waals surface area contributed by atoms with E-state index in [1.54, 1.807) is 0 Å². The maximum atomic E-state index is 13.1. The number of nitrogens with zero attached hydrogens (tertiary/aromatic N) is 3. The summed E-state index contributed by atoms with van der Waals surface area (Å²) in [5.41, 5.74) is 2.44. The van der Waals surface area contributed by atoms with Crippen LogP contribution in [0.2, 0.25) is 0 Å². The Bertz CT molecular complexity index is 1100. The maximum Gasteiger partial charge on any atom is 0.490 e. The molecule has 0 saturated heterocycles. The zero-order valence-electron chi connectivity index (χ0n) is 17.2. The van der Waals surface area contributed by atoms with E-state index in [2.05, 4.69) is 15.6 Å². The lowest BCUT2D eigenvalue weighted by Gasteiger charge is -2.24. The van der Waals surface area contributed by atoms with E-state index in [0.29, 0.717) is 25.4 Å². The highest BCUT2D eigenvalue weighted by atomic mass is 19.4. The van der Waals surface area contributed by atoms with Crippen LogP contribution in [0.3, 0.4) is 0 Å². The summed E-state index contributed by atoms with van der Waals surface area (Å²) in [4.78, 5) is 28.4. The molecule has 170 valence electrons. The van der Waals surface area contributed by atoms with Gasteiger partial charge in [0, 0.05) is 30.4 Å². The third kappa shape index (κ3) is 5.64. The van der Waals surface area contributed by atoms with Gasteiger partial charge in [-0.15, -0.1) is 0 Å². The van der Waals surface area contributed by atoms with Crippen molar-refractivity contribution in [1.29, 1.82) is 0 Å². The summed E-state index contributed by atoms with van der Waals surface area (Å²) >= 11 is 0. The lowest BCUT2D eigenvalue weighted by molar-refractivity contribution is -0.192. The zero-order valence-corrected chi connectivity index (χ0v) is 17.2. The van der Waals surface area contributed by atoms with Gasteiger partial charge in [-0.25, -0.2) is 9.78 Å². The number of rotatable bonds is 3. The number of pyridine rings is 1. The molecule has 10 heteroatoms. The van der Waals surface area contributed by atoms with Crippen molar-refractivity contribution >= 4 is 22.8 Å². The molecule has 4 rings (SSSR count). The van der Waals surface area contributed by atoms with Gasteiger partial charge in [-0.3, -0.25) is 4.79 Å². The van der Waals surface area contributed by atoms with Crippen LogP contribution in [0.25, 0.3) is 10.9 Å². The minimum absolute atomic E-state index is 0.0111. The average molecular weight is 449 g/mol. The molecule has 0 aliphatic carbocycles. The molecule has 0 saturated carbocycles. The standard InChI is InChI=1S/C20H21N3O2.C2HF3O2/c1-2-25-17-13-22-11-5-7-16(22)12-23(14-17)20(24)19-10-9-15-6-3-4-8-18(15)21-19;3-2(4,5)1(6)7/h3-11,17H,2,12-14H2,1H3;(H,6,7). The number of halogens is 3. The number of carboxylic acids is 1. The molecule has 1 N–H and O–H groups in total. The summed E-state index contributed by atoms with van der Waals surface area (Å²) in [6.45, 7) is 4.54. The van der Waals surface area contributed by atoms with E-state index < -0.39 is 12.1 Å². The van der Waals surface area contributed by atoms with E-state index in [0.717, 1.165) is 23.1 Å². The highest BCUT2D eigenvalue weighted by Gasteiger charge is 2.38. The Morgan fingerprint density at radius 3 is 2.53 bits per heavy atom. The van der Waals surface area contributed by atoms with Crippen LogP contribution in [0.5, 0.6) is 0 Å². The smallest absolute Gasteiger partial charge is 0.475 e. The van der Waals surface area contributed by atoms with Crippen LogP contribution in [0.4, 0.5) is 13.2 Å². The van der Waals surface area contributed by atoms with Crippen molar-refractivity contribution in [2.24, 2.45) is 0 Å². The summed E-state index contributed by atoms with van der Waals surface area (Å²) in [6, 6.07) is 15.7. The first-order chi connectivity index (χ1) is 15.2. The topological polar surface area (TPSA) is 84.7 Å². The minimum atomic E-state index is -5.08. The molecule has 3 aromatic rings. The van der Waals surface area contributed by atoms with Crippen molar-refractivity contribution < 1.29 is 32.6 Å². The summed E-state index contributed by atoms with van der Waals surface area (Å²) in [7, 11) is 0. The molecule has 1 aliphatic rings. The van der Waals surface area contributed by atoms with E-state index in [-0.39, 0.29) is 12.0 Å². The van der Waals surface area contributed by atoms with Crippen molar-refractivity contribution in [3.05, 3.63) is 66.1 Å². The lowest BCUT2D eigenvalue weighted by atomic mass is 10.2. The zero-order chi connectivity index (χ0) is 23.3. The molecule has 1 amide bonds. The summed E-state index contributed by atoms with van der Waals surface area (Å²) in [6.07, 6.45) is -3.05. The first-order valence-electron chi connectivity index (χ1n) is 9.90. The van der Waals surface area contributed by atoms with Crippen LogP contribution in [0.15, 0.2) is 54.7 Å². The van der Waals surface area contributed by atoms with Gasteiger partial charge < -0.3 is 19.3 Å². The van der Waals surface area contributed by atoms with Gasteiger partial charge in [0.1, 0.15) is 5.69 Å². The fourth-order valence-corrected chi connectivity index (χ4v) is 3.40. The molecule has 3 heterocycles. The predicted molar refractivity (Wildman–Crippen MR) is 110 cm³/mol. The number of ether oxygens (including phenoxy) is 1. The second-order valence-electron chi connectivity index (χ2n) is 7.11. The predicted octanol–water partition coefficient (Wildman–Crippen LogP) is 3.73. The van der Waals surface area contributed by atoms with Gasteiger partial charge in [0.05, 0.1) is 24.7 Å². The van der Waals surface area contributed by atoms with Gasteiger partial charge in [-0.1, -0.05) is 24.3 Å². The number of hydrogen-bond donors (Lipinski definition) is 1. The first-order valence-corrected chi connectivity index (χ1v) is 9.90. The van der Waals surface area contributed by atoms with Gasteiger partial charge in [0.25, 0.3) is 5.91 Å². The molecule has 1 aromatic carbocycles. The lowest BCUT2D eigenvalue weighted by Crippen LogP contribution is -2.37. The number of para-hydroxylation sites is 1. The second kappa shape index (κ2) is 9.82. The normalized spacial score (nSPS) is 16.0. The number of amides is 1. The van der Waals surface area contributed by atoms with Crippen molar-refractivity contribution in [2.75, 3.05) is 13.2 Å². The van der Waals surface area contributed by atoms with Crippen molar-refractivity contribution in [3.8, 4) is 0 Å². The van der Waals surface area contributed by atoms with Gasteiger partial charge in [0.2, 0.25) is 0 Å². The Balaban J connectivity index is 0.000000360. The Hall–Kier alpha value is -3.40. The number of carboxylic acid groups (broad SMARTS) is 1. The van der Waals surface area contributed by atoms with Crippen LogP contribution in [0.1, 0.15) is 23.1 Å². The molecular weight excluding hydrogens is 427 g/mol. The van der Waals surface area contributed by atoms with Crippen LogP contribution in [-0.4, -0.2) is 56.9 Å². The van der Waals surface area contributed by atoms with Gasteiger partial charge in [-0.2, -0.15) is 13.2 Å². The van der Waals surface area contributed by atoms with E-state index in [1.807, 2.05) is 60.5 Å². The summed E-state index contributed by atoms with van der Waals surface area (Å²) < 4.78 is 39.7. The molecule has 1 aliphatic heterocycles. The number of benzene rings is 1. The van der Waals surface area contributed by atoms with Crippen molar-refractivity contribution in [3.63, 3.8) is 0 Å². The van der Waals surface area contributed by atoms with Gasteiger partial charge in [-0.05, 0) is 31.2 Å². The number of carbonyl (C=O) groups is 2. The highest BCUT2D eigenvalue weighted by molar-refractivity contribution is 5.94. The minimum Gasteiger partial charge on any atom is -0.475 e. The molecule has 32 heavy (non-hydrogen) atoms. The number of alkyl halides is 3. The molecule has 0 fully saturated rings. The molecule has 2 aromatic heterocycles. The third-order valence-corrected chi connectivity index (χ3v) is 4.85. The van der Waals surface area contributed by atoms with Crippen LogP contribution < -0.4 is 0 Å². The molecule has 0 bridgehead atoms. The average Bonchev–Trinajstić information content (AvgIpc) is 3.11. The number of aromatic nitrogens is 2. The molecule has 0 radical (unpaired) electrons. The largest absolute Gasteiger partial charge is 0.490 e. The Morgan fingerprint density at radius 2 is 1.84 bits per heavy atom. The monoisotopic (exact) mass is 449 g/mol. The summed E-state index contributed by atoms with van der Waals surface area (Å²) in [5.74, 6) is -2.81. The van der Waals surface area contributed by atoms with E-state index in [1.165, 1.54) is 0 Å². The molecular formula is C22H22F3N3O4. The van der Waals surface area contributed by atoms with Gasteiger partial charge in [0.15, 0.2) is 0 Å². The molecule has 0 spiro atoms. The molecule has 7 nitrogen and oxygen atoms in total. The number of aliphatic carboxylic acids is 1. The Kier molecular flexibility index (Phi) is 7.14. The molecule has 1 unspecified atom stereocenters. The highest BCUT2D eigenvalue weighted by Crippen LogP contribution is 2.19. The van der Waals surface area contributed by atoms with Crippen molar-refractivity contribution in [2.45, 2.75) is 32.3 Å². The number of hydrogen-bond acceptors (Lipinski definition) is 4. The third-order valence-electron chi connectivity index (χ3n) is 4.85. The number of fused-ring (bicyclic) bond motifs is 2. The second-order valence-corrected chi connectivity index (χ2v) is 7.11. The van der Waals surface area contributed by atoms with Gasteiger partial charge >= 0.3 is 12.1 Å². The van der Waals surface area contributed by atoms with Crippen LogP contribution >= 0.6 is 0 Å². The Labute approximate surface area is 182 Å². The summed E-state index contributed by atoms with van der Waals surface area (Å²) in [5, 5.41) is 8.16. The fourth-order valence-electron chi connectivity index (χ4n) is 3.40. The quantitative estimate of drug-likeness (QED) is 0.659. The number of carbonyl (C=O) groups excluding carboxylic acids is 1. The Morgan fingerprint density at radius 1 is 1.12 bits per heavy atom. The fraction of sp³-hybridized carbons (Fsp3) is 0.318. The maximum absolute atomic E-state index is 13.1. The van der Waals surface area contributed by atoms with Crippen LogP contribution in [-0.2, 0) is 22.6 Å².